The summed E-state index contributed by atoms with van der Waals surface area (Å²) in [5, 5.41) is 0. The van der Waals surface area contributed by atoms with Gasteiger partial charge in [-0.2, -0.15) is 0 Å². The van der Waals surface area contributed by atoms with Gasteiger partial charge in [0, 0.05) is 0 Å². The van der Waals surface area contributed by atoms with E-state index in [4.69, 9.17) is 28.4 Å². The number of benzene rings is 4. The normalized spacial score (nSPS) is 22.3. The Morgan fingerprint density at radius 2 is 1.00 bits per heavy atom. The summed E-state index contributed by atoms with van der Waals surface area (Å²) in [5.41, 5.74) is 4.23. The predicted octanol–water partition coefficient (Wildman–Crippen LogP) is 7.28. The van der Waals surface area contributed by atoms with Crippen LogP contribution in [0.4, 0.5) is 0 Å². The van der Waals surface area contributed by atoms with Gasteiger partial charge < -0.3 is 28.4 Å². The largest absolute Gasteiger partial charge is 0.374 e. The molecular formula is C38H42O6. The highest BCUT2D eigenvalue weighted by Crippen LogP contribution is 2.32. The summed E-state index contributed by atoms with van der Waals surface area (Å²) in [4.78, 5) is 0. The third-order valence-corrected chi connectivity index (χ3v) is 7.52. The van der Waals surface area contributed by atoms with Gasteiger partial charge in [0.05, 0.1) is 39.1 Å². The van der Waals surface area contributed by atoms with E-state index in [0.717, 1.165) is 22.3 Å². The molecule has 6 nitrogen and oxygen atoms in total. The Bertz CT molecular complexity index is 1350. The molecule has 6 atom stereocenters. The second kappa shape index (κ2) is 17.0. The zero-order valence-corrected chi connectivity index (χ0v) is 25.3. The zero-order valence-electron chi connectivity index (χ0n) is 25.3. The molecule has 0 saturated carbocycles. The average molecular weight is 595 g/mol. The van der Waals surface area contributed by atoms with Crippen molar-refractivity contribution in [3.8, 4) is 0 Å². The van der Waals surface area contributed by atoms with Gasteiger partial charge in [-0.25, -0.2) is 0 Å². The van der Waals surface area contributed by atoms with E-state index < -0.39 is 30.7 Å². The fraction of sp³-hybridized carbons (Fsp3) is 0.316. The molecule has 0 amide bonds. The van der Waals surface area contributed by atoms with Crippen LogP contribution in [0.15, 0.2) is 134 Å². The number of ether oxygens (including phenoxy) is 6. The molecular weight excluding hydrogens is 552 g/mol. The van der Waals surface area contributed by atoms with E-state index in [2.05, 4.69) is 6.58 Å². The van der Waals surface area contributed by atoms with Gasteiger partial charge >= 0.3 is 0 Å². The Hall–Kier alpha value is -3.62. The maximum atomic E-state index is 6.72. The second-order valence-electron chi connectivity index (χ2n) is 10.9. The molecule has 1 fully saturated rings. The Kier molecular flexibility index (Phi) is 12.3. The smallest absolute Gasteiger partial charge is 0.187 e. The SMILES string of the molecule is C=CC(C)O[C@@H]1O[C@H](COCc2ccccc2)[C@H](OCc2ccccc2)[C@H](OCc2ccccc2)[C@H]1OCc1ccccc1. The van der Waals surface area contributed by atoms with Gasteiger partial charge in [-0.05, 0) is 29.2 Å². The van der Waals surface area contributed by atoms with E-state index in [-0.39, 0.29) is 12.7 Å². The highest BCUT2D eigenvalue weighted by atomic mass is 16.7. The monoisotopic (exact) mass is 594 g/mol. The molecule has 0 aliphatic carbocycles. The van der Waals surface area contributed by atoms with Crippen molar-refractivity contribution in [2.75, 3.05) is 6.61 Å². The van der Waals surface area contributed by atoms with Crippen molar-refractivity contribution in [3.63, 3.8) is 0 Å². The van der Waals surface area contributed by atoms with Gasteiger partial charge in [0.25, 0.3) is 0 Å². The van der Waals surface area contributed by atoms with Crippen molar-refractivity contribution < 1.29 is 28.4 Å². The molecule has 44 heavy (non-hydrogen) atoms. The van der Waals surface area contributed by atoms with Crippen LogP contribution >= 0.6 is 0 Å². The van der Waals surface area contributed by atoms with E-state index in [0.29, 0.717) is 26.4 Å². The van der Waals surface area contributed by atoms with E-state index >= 15 is 0 Å². The van der Waals surface area contributed by atoms with E-state index in [1.165, 1.54) is 0 Å². The summed E-state index contributed by atoms with van der Waals surface area (Å²) in [6.45, 7) is 7.71. The maximum Gasteiger partial charge on any atom is 0.187 e. The van der Waals surface area contributed by atoms with E-state index in [1.54, 1.807) is 6.08 Å². The Morgan fingerprint density at radius 3 is 1.45 bits per heavy atom. The van der Waals surface area contributed by atoms with Crippen molar-refractivity contribution in [3.05, 3.63) is 156 Å². The van der Waals surface area contributed by atoms with Crippen molar-refractivity contribution in [2.24, 2.45) is 0 Å². The molecule has 0 N–H and O–H groups in total. The molecule has 0 spiro atoms. The highest BCUT2D eigenvalue weighted by molar-refractivity contribution is 5.16. The molecule has 1 saturated heterocycles. The molecule has 0 radical (unpaired) electrons. The molecule has 4 aromatic rings. The van der Waals surface area contributed by atoms with Crippen molar-refractivity contribution in [1.29, 1.82) is 0 Å². The molecule has 1 unspecified atom stereocenters. The van der Waals surface area contributed by atoms with Crippen molar-refractivity contribution in [1.82, 2.24) is 0 Å². The lowest BCUT2D eigenvalue weighted by atomic mass is 9.97. The van der Waals surface area contributed by atoms with Crippen LogP contribution in [0.1, 0.15) is 29.2 Å². The van der Waals surface area contributed by atoms with Crippen molar-refractivity contribution in [2.45, 2.75) is 70.2 Å². The molecule has 0 bridgehead atoms. The van der Waals surface area contributed by atoms with Crippen molar-refractivity contribution >= 4 is 0 Å². The molecule has 5 rings (SSSR count). The predicted molar refractivity (Wildman–Crippen MR) is 171 cm³/mol. The first kappa shape index (κ1) is 31.8. The second-order valence-corrected chi connectivity index (χ2v) is 10.9. The lowest BCUT2D eigenvalue weighted by molar-refractivity contribution is -0.332. The summed E-state index contributed by atoms with van der Waals surface area (Å²) < 4.78 is 39.2. The Labute approximate surface area is 261 Å². The van der Waals surface area contributed by atoms with E-state index in [9.17, 15) is 0 Å². The lowest BCUT2D eigenvalue weighted by Crippen LogP contribution is -2.62. The number of hydrogen-bond acceptors (Lipinski definition) is 6. The topological polar surface area (TPSA) is 55.4 Å². The number of rotatable bonds is 16. The van der Waals surface area contributed by atoms with Gasteiger partial charge in [0.2, 0.25) is 0 Å². The zero-order chi connectivity index (χ0) is 30.4. The fourth-order valence-corrected chi connectivity index (χ4v) is 5.12. The van der Waals surface area contributed by atoms with Gasteiger partial charge in [-0.1, -0.05) is 127 Å². The third kappa shape index (κ3) is 9.44. The van der Waals surface area contributed by atoms with Gasteiger partial charge in [-0.3, -0.25) is 0 Å². The Balaban J connectivity index is 1.43. The first-order valence-electron chi connectivity index (χ1n) is 15.2. The summed E-state index contributed by atoms with van der Waals surface area (Å²) >= 11 is 0. The minimum atomic E-state index is -0.741. The minimum Gasteiger partial charge on any atom is -0.374 e. The van der Waals surface area contributed by atoms with Crippen LogP contribution < -0.4 is 0 Å². The first-order valence-corrected chi connectivity index (χ1v) is 15.2. The van der Waals surface area contributed by atoms with E-state index in [1.807, 2.05) is 128 Å². The van der Waals surface area contributed by atoms with Crippen LogP contribution in [0, 0.1) is 0 Å². The Morgan fingerprint density at radius 1 is 0.591 bits per heavy atom. The summed E-state index contributed by atoms with van der Waals surface area (Å²) in [6.07, 6.45) is -1.37. The van der Waals surface area contributed by atoms with Gasteiger partial charge in [0.15, 0.2) is 6.29 Å². The lowest BCUT2D eigenvalue weighted by Gasteiger charge is -2.46. The third-order valence-electron chi connectivity index (χ3n) is 7.52. The van der Waals surface area contributed by atoms with Crippen LogP contribution in [0.3, 0.4) is 0 Å². The van der Waals surface area contributed by atoms with Crippen LogP contribution in [0.5, 0.6) is 0 Å². The molecule has 4 aromatic carbocycles. The summed E-state index contributed by atoms with van der Waals surface area (Å²) in [6, 6.07) is 40.4. The molecule has 0 aromatic heterocycles. The van der Waals surface area contributed by atoms with Crippen LogP contribution in [0.25, 0.3) is 0 Å². The van der Waals surface area contributed by atoms with Crippen LogP contribution in [-0.4, -0.2) is 43.4 Å². The standard InChI is InChI=1S/C38H42O6/c1-3-29(2)43-38-37(42-27-33-22-14-7-15-23-33)36(41-26-32-20-12-6-13-21-32)35(40-25-31-18-10-5-11-19-31)34(44-38)28-39-24-30-16-8-4-9-17-30/h3-23,29,34-38H,1,24-28H2,2H3/t29?,34-,35+,36+,37-,38-/m1/s1. The maximum absolute atomic E-state index is 6.72. The first-order chi connectivity index (χ1) is 21.7. The average Bonchev–Trinajstić information content (AvgIpc) is 3.08. The quantitative estimate of drug-likeness (QED) is 0.127. The van der Waals surface area contributed by atoms with Crippen LogP contribution in [0.2, 0.25) is 0 Å². The number of hydrogen-bond donors (Lipinski definition) is 0. The fourth-order valence-electron chi connectivity index (χ4n) is 5.12. The highest BCUT2D eigenvalue weighted by Gasteiger charge is 2.49. The molecule has 6 heteroatoms. The summed E-state index contributed by atoms with van der Waals surface area (Å²) in [5.74, 6) is 0. The van der Waals surface area contributed by atoms with Gasteiger partial charge in [0.1, 0.15) is 24.4 Å². The van der Waals surface area contributed by atoms with Gasteiger partial charge in [-0.15, -0.1) is 6.58 Å². The molecule has 230 valence electrons. The van der Waals surface area contributed by atoms with Crippen LogP contribution in [-0.2, 0) is 54.8 Å². The molecule has 1 aliphatic rings. The minimum absolute atomic E-state index is 0.273. The molecule has 1 heterocycles. The summed E-state index contributed by atoms with van der Waals surface area (Å²) in [7, 11) is 0. The molecule has 1 aliphatic heterocycles.